The average Bonchev–Trinajstić information content (AvgIpc) is 3.86. The number of esters is 1. The fraction of sp³-hybridized carbons (Fsp3) is 0.395. The number of likely N-dealkylation sites (tertiary alicyclic amines) is 1. The minimum atomic E-state index is -0.883. The number of carbonyl (C=O) groups is 3. The number of rotatable bonds is 9. The van der Waals surface area contributed by atoms with Crippen molar-refractivity contribution in [2.24, 2.45) is 0 Å². The highest BCUT2D eigenvalue weighted by atomic mass is 35.5. The average molecular weight is 699 g/mol. The molecule has 10 nitrogen and oxygen atoms in total. The van der Waals surface area contributed by atoms with Gasteiger partial charge in [-0.1, -0.05) is 47.1 Å². The predicted octanol–water partition coefficient (Wildman–Crippen LogP) is 5.85. The van der Waals surface area contributed by atoms with Gasteiger partial charge in [0.05, 0.1) is 23.4 Å². The summed E-state index contributed by atoms with van der Waals surface area (Å²) >= 11 is 5.99. The second-order valence-electron chi connectivity index (χ2n) is 13.1. The van der Waals surface area contributed by atoms with Crippen LogP contribution < -0.4 is 4.90 Å². The van der Waals surface area contributed by atoms with Crippen molar-refractivity contribution in [2.75, 3.05) is 44.2 Å². The molecule has 4 aromatic rings. The molecule has 3 aliphatic heterocycles. The number of amides is 1. The maximum absolute atomic E-state index is 14.8. The van der Waals surface area contributed by atoms with E-state index in [4.69, 9.17) is 16.3 Å². The van der Waals surface area contributed by atoms with Crippen LogP contribution in [0.15, 0.2) is 66.9 Å². The van der Waals surface area contributed by atoms with Crippen molar-refractivity contribution in [1.29, 1.82) is 0 Å². The summed E-state index contributed by atoms with van der Waals surface area (Å²) in [6.07, 6.45) is 6.73. The van der Waals surface area contributed by atoms with Crippen LogP contribution in [0.3, 0.4) is 0 Å². The van der Waals surface area contributed by atoms with Crippen LogP contribution in [0.4, 0.5) is 10.1 Å². The lowest BCUT2D eigenvalue weighted by atomic mass is 9.86. The van der Waals surface area contributed by atoms with E-state index < -0.39 is 23.7 Å². The van der Waals surface area contributed by atoms with Crippen LogP contribution in [-0.2, 0) is 22.4 Å². The number of carbonyl (C=O) groups excluding carboxylic acids is 3. The molecule has 0 radical (unpaired) electrons. The number of hydrogen-bond donors (Lipinski definition) is 0. The Morgan fingerprint density at radius 3 is 2.38 bits per heavy atom. The molecule has 7 rings (SSSR count). The van der Waals surface area contributed by atoms with Gasteiger partial charge in [0.25, 0.3) is 5.91 Å². The summed E-state index contributed by atoms with van der Waals surface area (Å²) in [6.45, 7) is 6.56. The standard InChI is InChI=1S/C38H40ClFN6O4/c1-2-50-38(49)26-13-11-25(12-14-26)23-34(47)36-29-7-5-9-32(44-20-15-27(16-21-44)43-18-3-4-19-43)28(29)17-22-45(36)37(48)31-24-46(42-41-31)33-10-6-8-30(39)35(33)40/h5-14,24,27,36H,2-4,15-23H2,1H3. The molecule has 0 N–H and O–H groups in total. The quantitative estimate of drug-likeness (QED) is 0.201. The third-order valence-electron chi connectivity index (χ3n) is 10.2. The number of nitrogens with zero attached hydrogens (tertiary/aromatic N) is 6. The minimum absolute atomic E-state index is 0.00967. The maximum atomic E-state index is 14.8. The third-order valence-corrected chi connectivity index (χ3v) is 10.5. The fourth-order valence-corrected chi connectivity index (χ4v) is 7.83. The van der Waals surface area contributed by atoms with E-state index >= 15 is 0 Å². The zero-order valence-electron chi connectivity index (χ0n) is 28.1. The van der Waals surface area contributed by atoms with Gasteiger partial charge >= 0.3 is 5.97 Å². The Hall–Kier alpha value is -4.61. The van der Waals surface area contributed by atoms with E-state index in [2.05, 4.69) is 26.2 Å². The Kier molecular flexibility index (Phi) is 9.96. The van der Waals surface area contributed by atoms with Crippen molar-refractivity contribution in [2.45, 2.75) is 57.5 Å². The molecule has 0 bridgehead atoms. The van der Waals surface area contributed by atoms with Crippen LogP contribution in [0.5, 0.6) is 0 Å². The molecule has 2 fully saturated rings. The second kappa shape index (κ2) is 14.7. The van der Waals surface area contributed by atoms with Crippen molar-refractivity contribution in [3.05, 3.63) is 106 Å². The first-order valence-corrected chi connectivity index (χ1v) is 17.8. The van der Waals surface area contributed by atoms with Crippen molar-refractivity contribution < 1.29 is 23.5 Å². The molecule has 1 aromatic heterocycles. The molecule has 1 unspecified atom stereocenters. The summed E-state index contributed by atoms with van der Waals surface area (Å²) in [7, 11) is 0. The lowest BCUT2D eigenvalue weighted by Crippen LogP contribution is -2.46. The summed E-state index contributed by atoms with van der Waals surface area (Å²) in [6, 6.07) is 17.1. The van der Waals surface area contributed by atoms with E-state index in [0.29, 0.717) is 30.1 Å². The topological polar surface area (TPSA) is 101 Å². The number of anilines is 1. The summed E-state index contributed by atoms with van der Waals surface area (Å²) in [4.78, 5) is 47.4. The molecule has 0 spiro atoms. The highest BCUT2D eigenvalue weighted by Crippen LogP contribution is 2.39. The van der Waals surface area contributed by atoms with Gasteiger partial charge in [0, 0.05) is 37.8 Å². The molecule has 4 heterocycles. The van der Waals surface area contributed by atoms with E-state index in [1.54, 1.807) is 42.2 Å². The monoisotopic (exact) mass is 698 g/mol. The molecule has 0 aliphatic carbocycles. The van der Waals surface area contributed by atoms with E-state index in [0.717, 1.165) is 42.7 Å². The SMILES string of the molecule is CCOC(=O)c1ccc(CC(=O)C2c3cccc(N4CCC(N5CCCC5)CC4)c3CCN2C(=O)c2cn(-c3cccc(Cl)c3F)nn2)cc1. The van der Waals surface area contributed by atoms with Crippen molar-refractivity contribution >= 4 is 34.9 Å². The predicted molar refractivity (Wildman–Crippen MR) is 187 cm³/mol. The highest BCUT2D eigenvalue weighted by Gasteiger charge is 2.39. The number of ketones is 1. The fourth-order valence-electron chi connectivity index (χ4n) is 7.66. The van der Waals surface area contributed by atoms with Gasteiger partial charge in [-0.3, -0.25) is 9.59 Å². The number of ether oxygens (including phenoxy) is 1. The number of aromatic nitrogens is 3. The van der Waals surface area contributed by atoms with Gasteiger partial charge in [-0.2, -0.15) is 0 Å². The lowest BCUT2D eigenvalue weighted by molar-refractivity contribution is -0.123. The van der Waals surface area contributed by atoms with E-state index in [1.165, 1.54) is 48.9 Å². The number of Topliss-reactive ketones (excluding diaryl/α,β-unsaturated/α-hetero) is 1. The van der Waals surface area contributed by atoms with Gasteiger partial charge in [-0.25, -0.2) is 13.9 Å². The van der Waals surface area contributed by atoms with E-state index in [1.807, 2.05) is 12.1 Å². The van der Waals surface area contributed by atoms with Gasteiger partial charge < -0.3 is 19.4 Å². The normalized spacial score (nSPS) is 18.3. The van der Waals surface area contributed by atoms with E-state index in [9.17, 15) is 18.8 Å². The smallest absolute Gasteiger partial charge is 0.338 e. The second-order valence-corrected chi connectivity index (χ2v) is 13.5. The minimum Gasteiger partial charge on any atom is -0.462 e. The molecule has 3 aliphatic rings. The van der Waals surface area contributed by atoms with Crippen molar-refractivity contribution in [1.82, 2.24) is 24.8 Å². The Labute approximate surface area is 295 Å². The Morgan fingerprint density at radius 1 is 0.920 bits per heavy atom. The highest BCUT2D eigenvalue weighted by molar-refractivity contribution is 6.30. The zero-order chi connectivity index (χ0) is 34.8. The van der Waals surface area contributed by atoms with Crippen molar-refractivity contribution in [3.8, 4) is 5.69 Å². The third kappa shape index (κ3) is 6.76. The molecular weight excluding hydrogens is 659 g/mol. The molecule has 1 atom stereocenters. The molecule has 260 valence electrons. The number of fused-ring (bicyclic) bond motifs is 1. The molecule has 0 saturated carbocycles. The lowest BCUT2D eigenvalue weighted by Gasteiger charge is -2.41. The van der Waals surface area contributed by atoms with E-state index in [-0.39, 0.29) is 35.2 Å². The first-order chi connectivity index (χ1) is 24.3. The first kappa shape index (κ1) is 33.9. The van der Waals surface area contributed by atoms with Gasteiger partial charge in [0.1, 0.15) is 11.7 Å². The van der Waals surface area contributed by atoms with Crippen LogP contribution in [0.2, 0.25) is 5.02 Å². The number of piperidine rings is 1. The number of hydrogen-bond acceptors (Lipinski definition) is 8. The van der Waals surface area contributed by atoms with Crippen LogP contribution in [0.25, 0.3) is 5.69 Å². The molecule has 50 heavy (non-hydrogen) atoms. The molecule has 12 heteroatoms. The Bertz CT molecular complexity index is 1880. The molecular formula is C38H40ClFN6O4. The van der Waals surface area contributed by atoms with Crippen LogP contribution in [0.1, 0.15) is 76.2 Å². The largest absolute Gasteiger partial charge is 0.462 e. The van der Waals surface area contributed by atoms with Crippen LogP contribution in [-0.4, -0.2) is 87.8 Å². The van der Waals surface area contributed by atoms with Gasteiger partial charge in [-0.05, 0) is 99.1 Å². The van der Waals surface area contributed by atoms with Gasteiger partial charge in [-0.15, -0.1) is 5.10 Å². The first-order valence-electron chi connectivity index (χ1n) is 17.4. The molecule has 1 amide bonds. The van der Waals surface area contributed by atoms with Crippen molar-refractivity contribution in [3.63, 3.8) is 0 Å². The van der Waals surface area contributed by atoms with Gasteiger partial charge in [0.2, 0.25) is 0 Å². The summed E-state index contributed by atoms with van der Waals surface area (Å²) in [5.74, 6) is -1.74. The maximum Gasteiger partial charge on any atom is 0.338 e. The van der Waals surface area contributed by atoms with Crippen LogP contribution in [0, 0.1) is 5.82 Å². The number of benzene rings is 3. The Balaban J connectivity index is 1.18. The van der Waals surface area contributed by atoms with Crippen LogP contribution >= 0.6 is 11.6 Å². The summed E-state index contributed by atoms with van der Waals surface area (Å²) in [5.41, 5.74) is 4.16. The summed E-state index contributed by atoms with van der Waals surface area (Å²) < 4.78 is 21.1. The molecule has 3 aromatic carbocycles. The van der Waals surface area contributed by atoms with Gasteiger partial charge in [0.15, 0.2) is 17.3 Å². The number of halogens is 2. The zero-order valence-corrected chi connectivity index (χ0v) is 28.8. The summed E-state index contributed by atoms with van der Waals surface area (Å²) in [5, 5.41) is 8.03. The molecule has 2 saturated heterocycles. The Morgan fingerprint density at radius 2 is 1.64 bits per heavy atom.